The summed E-state index contributed by atoms with van der Waals surface area (Å²) < 4.78 is 17.7. The summed E-state index contributed by atoms with van der Waals surface area (Å²) in [7, 11) is 0. The Morgan fingerprint density at radius 3 is 2.38 bits per heavy atom. The Balaban J connectivity index is 1.69. The molecule has 2 aromatic carbocycles. The number of carbonyl (C=O) groups is 2. The van der Waals surface area contributed by atoms with Crippen molar-refractivity contribution in [1.82, 2.24) is 10.6 Å². The van der Waals surface area contributed by atoms with Gasteiger partial charge in [-0.1, -0.05) is 30.3 Å². The Hall–Kier alpha value is -3.25. The molecule has 1 aliphatic heterocycles. The van der Waals surface area contributed by atoms with Crippen molar-refractivity contribution in [1.29, 1.82) is 5.26 Å². The number of benzene rings is 2. The molecular weight excluding hydrogens is 410 g/mol. The van der Waals surface area contributed by atoms with Crippen LogP contribution in [0.25, 0.3) is 0 Å². The molecule has 32 heavy (non-hydrogen) atoms. The average Bonchev–Trinajstić information content (AvgIpc) is 2.80. The zero-order valence-electron chi connectivity index (χ0n) is 18.2. The smallest absolute Gasteiger partial charge is 0.252 e. The lowest BCUT2D eigenvalue weighted by Crippen LogP contribution is -2.52. The minimum absolute atomic E-state index is 0.139. The van der Waals surface area contributed by atoms with Crippen molar-refractivity contribution in [2.24, 2.45) is 0 Å². The Bertz CT molecular complexity index is 971. The minimum Gasteiger partial charge on any atom is -0.371 e. The molecule has 0 spiro atoms. The predicted octanol–water partition coefficient (Wildman–Crippen LogP) is 2.25. The van der Waals surface area contributed by atoms with E-state index in [1.54, 1.807) is 62.4 Å². The number of nitrogens with one attached hydrogen (secondary N) is 2. The van der Waals surface area contributed by atoms with E-state index in [2.05, 4.69) is 10.6 Å². The van der Waals surface area contributed by atoms with Gasteiger partial charge in [0, 0.05) is 18.7 Å². The third-order valence-electron chi connectivity index (χ3n) is 4.97. The fraction of sp³-hybridized carbons (Fsp3) is 0.375. The highest BCUT2D eigenvalue weighted by Gasteiger charge is 2.33. The zero-order chi connectivity index (χ0) is 23.0. The molecule has 2 amide bonds. The Morgan fingerprint density at radius 1 is 0.969 bits per heavy atom. The van der Waals surface area contributed by atoms with Gasteiger partial charge >= 0.3 is 0 Å². The van der Waals surface area contributed by atoms with E-state index in [1.807, 2.05) is 12.1 Å². The van der Waals surface area contributed by atoms with Crippen LogP contribution in [0.3, 0.4) is 0 Å². The van der Waals surface area contributed by atoms with Gasteiger partial charge in [-0.3, -0.25) is 9.59 Å². The molecule has 1 fully saturated rings. The van der Waals surface area contributed by atoms with Gasteiger partial charge in [-0.15, -0.1) is 0 Å². The topological polar surface area (TPSA) is 110 Å². The molecule has 0 bridgehead atoms. The first-order valence-electron chi connectivity index (χ1n) is 10.4. The summed E-state index contributed by atoms with van der Waals surface area (Å²) in [6.45, 7) is 4.53. The van der Waals surface area contributed by atoms with Crippen LogP contribution >= 0.6 is 0 Å². The third kappa shape index (κ3) is 6.37. The van der Waals surface area contributed by atoms with Crippen molar-refractivity contribution < 1.29 is 23.8 Å². The highest BCUT2D eigenvalue weighted by molar-refractivity contribution is 5.96. The van der Waals surface area contributed by atoms with Crippen LogP contribution in [-0.4, -0.2) is 56.1 Å². The summed E-state index contributed by atoms with van der Waals surface area (Å²) in [5.74, 6) is -1.50. The third-order valence-corrected chi connectivity index (χ3v) is 4.97. The van der Waals surface area contributed by atoms with Gasteiger partial charge in [0.1, 0.15) is 12.2 Å². The van der Waals surface area contributed by atoms with E-state index < -0.39 is 18.0 Å². The van der Waals surface area contributed by atoms with Crippen LogP contribution in [-0.2, 0) is 14.2 Å². The molecule has 2 atom stereocenters. The van der Waals surface area contributed by atoms with Gasteiger partial charge in [0.2, 0.25) is 0 Å². The molecule has 1 saturated heterocycles. The van der Waals surface area contributed by atoms with Crippen LogP contribution in [0, 0.1) is 11.3 Å². The largest absolute Gasteiger partial charge is 0.371 e. The van der Waals surface area contributed by atoms with Crippen molar-refractivity contribution in [2.75, 3.05) is 26.3 Å². The van der Waals surface area contributed by atoms with Gasteiger partial charge in [-0.05, 0) is 38.1 Å². The molecule has 8 heteroatoms. The van der Waals surface area contributed by atoms with Crippen molar-refractivity contribution >= 4 is 11.8 Å². The lowest BCUT2D eigenvalue weighted by atomic mass is 10.1. The maximum Gasteiger partial charge on any atom is 0.252 e. The maximum absolute atomic E-state index is 12.7. The normalized spacial score (nSPS) is 20.3. The molecule has 0 aromatic heterocycles. The van der Waals surface area contributed by atoms with E-state index in [9.17, 15) is 14.9 Å². The van der Waals surface area contributed by atoms with Crippen LogP contribution in [0.4, 0.5) is 0 Å². The molecular formula is C24H27N3O5. The van der Waals surface area contributed by atoms with Gasteiger partial charge in [0.25, 0.3) is 11.8 Å². The summed E-state index contributed by atoms with van der Waals surface area (Å²) in [5.41, 5.74) is 1.12. The number of ether oxygens (including phenoxy) is 3. The first-order chi connectivity index (χ1) is 15.4. The summed E-state index contributed by atoms with van der Waals surface area (Å²) >= 11 is 0. The highest BCUT2D eigenvalue weighted by Crippen LogP contribution is 2.20. The Kier molecular flexibility index (Phi) is 7.95. The number of rotatable bonds is 6. The van der Waals surface area contributed by atoms with E-state index >= 15 is 0 Å². The van der Waals surface area contributed by atoms with Gasteiger partial charge in [0.05, 0.1) is 30.4 Å². The minimum atomic E-state index is -0.887. The van der Waals surface area contributed by atoms with Crippen LogP contribution in [0.5, 0.6) is 0 Å². The molecule has 3 rings (SSSR count). The molecule has 1 aliphatic rings. The molecule has 168 valence electrons. The molecule has 2 N–H and O–H groups in total. The second kappa shape index (κ2) is 10.9. The van der Waals surface area contributed by atoms with Crippen LogP contribution in [0.15, 0.2) is 54.6 Å². The van der Waals surface area contributed by atoms with E-state index in [1.165, 1.54) is 0 Å². The van der Waals surface area contributed by atoms with Gasteiger partial charge in [-0.2, -0.15) is 5.26 Å². The molecule has 2 aromatic rings. The summed E-state index contributed by atoms with van der Waals surface area (Å²) in [6, 6.07) is 17.5. The summed E-state index contributed by atoms with van der Waals surface area (Å²) in [6.07, 6.45) is -1.11. The van der Waals surface area contributed by atoms with E-state index in [-0.39, 0.29) is 24.9 Å². The number of amides is 2. The molecule has 0 unspecified atom stereocenters. The fourth-order valence-corrected chi connectivity index (χ4v) is 3.38. The van der Waals surface area contributed by atoms with Crippen molar-refractivity contribution in [3.8, 4) is 6.07 Å². The number of hydrogen-bond acceptors (Lipinski definition) is 6. The highest BCUT2D eigenvalue weighted by atomic mass is 16.7. The maximum atomic E-state index is 12.7. The van der Waals surface area contributed by atoms with Crippen molar-refractivity contribution in [3.05, 3.63) is 71.3 Å². The van der Waals surface area contributed by atoms with Crippen LogP contribution in [0.2, 0.25) is 0 Å². The lowest BCUT2D eigenvalue weighted by Gasteiger charge is -2.37. The molecule has 8 nitrogen and oxygen atoms in total. The van der Waals surface area contributed by atoms with E-state index in [0.717, 1.165) is 0 Å². The quantitative estimate of drug-likeness (QED) is 0.717. The fourth-order valence-electron chi connectivity index (χ4n) is 3.38. The monoisotopic (exact) mass is 437 g/mol. The predicted molar refractivity (Wildman–Crippen MR) is 117 cm³/mol. The Labute approximate surface area is 187 Å². The number of nitriles is 1. The van der Waals surface area contributed by atoms with Crippen molar-refractivity contribution in [2.45, 2.75) is 31.8 Å². The second-order valence-corrected chi connectivity index (χ2v) is 7.76. The van der Waals surface area contributed by atoms with E-state index in [0.29, 0.717) is 29.9 Å². The number of nitrogens with zero attached hydrogens (tertiary/aromatic N) is 1. The molecule has 0 saturated carbocycles. The van der Waals surface area contributed by atoms with E-state index in [4.69, 9.17) is 14.2 Å². The van der Waals surface area contributed by atoms with Crippen LogP contribution < -0.4 is 10.6 Å². The zero-order valence-corrected chi connectivity index (χ0v) is 18.2. The lowest BCUT2D eigenvalue weighted by molar-refractivity contribution is -0.277. The number of hydrogen-bond donors (Lipinski definition) is 2. The summed E-state index contributed by atoms with van der Waals surface area (Å²) in [4.78, 5) is 25.1. The first-order valence-corrected chi connectivity index (χ1v) is 10.4. The Morgan fingerprint density at radius 2 is 1.62 bits per heavy atom. The SMILES string of the molecule is CC1(C)OCCO[C@H](CNC(=O)c2ccccc2C#N)[C@H](CNC(=O)c2ccccc2)O1. The molecule has 0 aliphatic carbocycles. The van der Waals surface area contributed by atoms with Crippen LogP contribution in [0.1, 0.15) is 40.1 Å². The van der Waals surface area contributed by atoms with Crippen molar-refractivity contribution in [3.63, 3.8) is 0 Å². The van der Waals surface area contributed by atoms with Gasteiger partial charge in [-0.25, -0.2) is 0 Å². The standard InChI is InChI=1S/C24H27N3O5/c1-24(2)31-13-12-30-20(15-27-23(29)19-11-7-6-10-18(19)14-25)21(32-24)16-26-22(28)17-8-4-3-5-9-17/h3-11,20-21H,12-13,15-16H2,1-2H3,(H,26,28)(H,27,29)/t20-,21+/m1/s1. The number of carbonyl (C=O) groups excluding carboxylic acids is 2. The van der Waals surface area contributed by atoms with Gasteiger partial charge in [0.15, 0.2) is 5.79 Å². The second-order valence-electron chi connectivity index (χ2n) is 7.76. The van der Waals surface area contributed by atoms with Gasteiger partial charge < -0.3 is 24.8 Å². The molecule has 0 radical (unpaired) electrons. The first kappa shape index (κ1) is 23.4. The molecule has 1 heterocycles. The average molecular weight is 437 g/mol. The summed E-state index contributed by atoms with van der Waals surface area (Å²) in [5, 5.41) is 14.9.